The van der Waals surface area contributed by atoms with Crippen molar-refractivity contribution in [3.05, 3.63) is 252 Å². The van der Waals surface area contributed by atoms with E-state index in [0.717, 1.165) is 35.6 Å². The molecular formula is C60H46N2. The van der Waals surface area contributed by atoms with E-state index in [0.29, 0.717) is 0 Å². The van der Waals surface area contributed by atoms with E-state index >= 15 is 0 Å². The van der Waals surface area contributed by atoms with Crippen molar-refractivity contribution < 1.29 is 0 Å². The molecule has 2 nitrogen and oxygen atoms in total. The lowest BCUT2D eigenvalue weighted by atomic mass is 9.67. The summed E-state index contributed by atoms with van der Waals surface area (Å²) in [5.74, 6) is 0. The highest BCUT2D eigenvalue weighted by atomic mass is 15.1. The van der Waals surface area contributed by atoms with E-state index in [9.17, 15) is 0 Å². The normalized spacial score (nSPS) is 14.0. The van der Waals surface area contributed by atoms with E-state index in [1.165, 1.54) is 77.4 Å². The number of anilines is 3. The molecule has 9 aromatic carbocycles. The molecule has 296 valence electrons. The predicted molar refractivity (Wildman–Crippen MR) is 260 cm³/mol. The summed E-state index contributed by atoms with van der Waals surface area (Å²) < 4.78 is 2.41. The van der Waals surface area contributed by atoms with Gasteiger partial charge in [-0.05, 0) is 129 Å². The van der Waals surface area contributed by atoms with Crippen LogP contribution in [0.3, 0.4) is 0 Å². The molecule has 2 heteroatoms. The first-order valence-corrected chi connectivity index (χ1v) is 22.1. The smallest absolute Gasteiger partial charge is 0.0714 e. The zero-order valence-corrected chi connectivity index (χ0v) is 35.1. The number of para-hydroxylation sites is 2. The average Bonchev–Trinajstić information content (AvgIpc) is 3.94. The molecule has 0 saturated carbocycles. The van der Waals surface area contributed by atoms with Gasteiger partial charge >= 0.3 is 0 Å². The molecule has 1 aromatic heterocycles. The van der Waals surface area contributed by atoms with Crippen LogP contribution in [0.15, 0.2) is 218 Å². The highest BCUT2D eigenvalue weighted by molar-refractivity contribution is 6.11. The summed E-state index contributed by atoms with van der Waals surface area (Å²) in [5, 5.41) is 2.47. The Morgan fingerprint density at radius 2 is 0.839 bits per heavy atom. The van der Waals surface area contributed by atoms with Crippen molar-refractivity contribution in [2.75, 3.05) is 4.90 Å². The summed E-state index contributed by atoms with van der Waals surface area (Å²) in [5.41, 5.74) is 19.7. The maximum Gasteiger partial charge on any atom is 0.0714 e. The van der Waals surface area contributed by atoms with Crippen molar-refractivity contribution in [1.82, 2.24) is 4.57 Å². The Morgan fingerprint density at radius 3 is 1.50 bits per heavy atom. The van der Waals surface area contributed by atoms with Crippen molar-refractivity contribution in [3.8, 4) is 27.9 Å². The van der Waals surface area contributed by atoms with Crippen molar-refractivity contribution >= 4 is 38.9 Å². The van der Waals surface area contributed by atoms with Gasteiger partial charge in [-0.15, -0.1) is 0 Å². The molecule has 0 atom stereocenters. The topological polar surface area (TPSA) is 8.17 Å². The Kier molecular flexibility index (Phi) is 8.27. The summed E-state index contributed by atoms with van der Waals surface area (Å²) in [6, 6.07) is 81.6. The standard InChI is InChI=1S/C60H46N2/c1-3-59(4-2)53-29-17-14-26-47(53)49-35-32-45(39-55(49)59)61(44-34-37-58-52(38-44)51-28-16-19-31-57(51)62(58)43-24-12-7-13-25-43)46-33-36-50-48-27-15-18-30-54(48)60(56(50)40-46,41-20-8-5-9-21-41)42-22-10-6-11-23-42/h5-40H,3-4H2,1-2H3. The van der Waals surface area contributed by atoms with Gasteiger partial charge in [-0.25, -0.2) is 0 Å². The van der Waals surface area contributed by atoms with Crippen LogP contribution in [0.2, 0.25) is 0 Å². The van der Waals surface area contributed by atoms with Gasteiger partial charge in [0, 0.05) is 38.9 Å². The Balaban J connectivity index is 1.14. The minimum Gasteiger partial charge on any atom is -0.310 e. The molecule has 0 radical (unpaired) electrons. The second kappa shape index (κ2) is 14.1. The van der Waals surface area contributed by atoms with E-state index in [-0.39, 0.29) is 5.41 Å². The van der Waals surface area contributed by atoms with Gasteiger partial charge < -0.3 is 9.47 Å². The third kappa shape index (κ3) is 5.04. The zero-order valence-electron chi connectivity index (χ0n) is 35.1. The molecule has 62 heavy (non-hydrogen) atoms. The molecule has 10 aromatic rings. The summed E-state index contributed by atoms with van der Waals surface area (Å²) >= 11 is 0. The van der Waals surface area contributed by atoms with E-state index in [4.69, 9.17) is 0 Å². The number of hydrogen-bond donors (Lipinski definition) is 0. The zero-order chi connectivity index (χ0) is 41.4. The Morgan fingerprint density at radius 1 is 0.371 bits per heavy atom. The average molecular weight is 795 g/mol. The first-order valence-electron chi connectivity index (χ1n) is 22.1. The molecule has 0 bridgehead atoms. The Labute approximate surface area is 364 Å². The van der Waals surface area contributed by atoms with E-state index in [1.54, 1.807) is 0 Å². The Hall–Kier alpha value is -7.42. The quantitative estimate of drug-likeness (QED) is 0.149. The molecule has 2 aliphatic rings. The largest absolute Gasteiger partial charge is 0.310 e. The molecular weight excluding hydrogens is 749 g/mol. The van der Waals surface area contributed by atoms with Crippen LogP contribution in [0.25, 0.3) is 49.7 Å². The number of hydrogen-bond acceptors (Lipinski definition) is 1. The maximum atomic E-state index is 2.53. The lowest BCUT2D eigenvalue weighted by Crippen LogP contribution is -2.28. The van der Waals surface area contributed by atoms with Crippen LogP contribution < -0.4 is 4.90 Å². The molecule has 2 aliphatic carbocycles. The number of benzene rings is 9. The third-order valence-electron chi connectivity index (χ3n) is 14.3. The van der Waals surface area contributed by atoms with Gasteiger partial charge in [0.15, 0.2) is 0 Å². The fourth-order valence-corrected chi connectivity index (χ4v) is 11.6. The fourth-order valence-electron chi connectivity index (χ4n) is 11.6. The minimum atomic E-state index is -0.512. The van der Waals surface area contributed by atoms with Gasteiger partial charge in [0.25, 0.3) is 0 Å². The molecule has 1 heterocycles. The number of fused-ring (bicyclic) bond motifs is 9. The van der Waals surface area contributed by atoms with Crippen LogP contribution in [0.1, 0.15) is 60.1 Å². The van der Waals surface area contributed by atoms with Crippen LogP contribution in [0.4, 0.5) is 17.1 Å². The van der Waals surface area contributed by atoms with Crippen LogP contribution in [-0.4, -0.2) is 4.57 Å². The van der Waals surface area contributed by atoms with Crippen LogP contribution >= 0.6 is 0 Å². The maximum absolute atomic E-state index is 2.53. The Bertz CT molecular complexity index is 3280. The molecule has 12 rings (SSSR count). The first kappa shape index (κ1) is 36.4. The van der Waals surface area contributed by atoms with Gasteiger partial charge in [0.2, 0.25) is 0 Å². The number of rotatable bonds is 8. The van der Waals surface area contributed by atoms with Crippen molar-refractivity contribution in [1.29, 1.82) is 0 Å². The van der Waals surface area contributed by atoms with E-state index in [2.05, 4.69) is 242 Å². The molecule has 0 amide bonds. The van der Waals surface area contributed by atoms with Gasteiger partial charge in [0.05, 0.1) is 16.4 Å². The highest BCUT2D eigenvalue weighted by Crippen LogP contribution is 2.58. The SMILES string of the molecule is CCC1(CC)c2ccccc2-c2ccc(N(c3ccc4c(c3)C(c3ccccc3)(c3ccccc3)c3ccccc3-4)c3ccc4c(c3)c3ccccc3n4-c3ccccc3)cc21. The van der Waals surface area contributed by atoms with Gasteiger partial charge in [-0.2, -0.15) is 0 Å². The van der Waals surface area contributed by atoms with Gasteiger partial charge in [0.1, 0.15) is 0 Å². The van der Waals surface area contributed by atoms with Crippen LogP contribution in [0, 0.1) is 0 Å². The van der Waals surface area contributed by atoms with Crippen LogP contribution in [-0.2, 0) is 10.8 Å². The molecule has 0 aliphatic heterocycles. The van der Waals surface area contributed by atoms with E-state index < -0.39 is 5.41 Å². The summed E-state index contributed by atoms with van der Waals surface area (Å²) in [4.78, 5) is 2.53. The summed E-state index contributed by atoms with van der Waals surface area (Å²) in [6.45, 7) is 4.72. The third-order valence-corrected chi connectivity index (χ3v) is 14.3. The molecule has 0 fully saturated rings. The van der Waals surface area contributed by atoms with Crippen molar-refractivity contribution in [2.45, 2.75) is 37.5 Å². The lowest BCUT2D eigenvalue weighted by molar-refractivity contribution is 0.490. The number of aromatic nitrogens is 1. The molecule has 0 spiro atoms. The van der Waals surface area contributed by atoms with Gasteiger partial charge in [-0.3, -0.25) is 0 Å². The predicted octanol–water partition coefficient (Wildman–Crippen LogP) is 15.7. The molecule has 0 unspecified atom stereocenters. The van der Waals surface area contributed by atoms with Crippen molar-refractivity contribution in [3.63, 3.8) is 0 Å². The van der Waals surface area contributed by atoms with E-state index in [1.807, 2.05) is 0 Å². The molecule has 0 saturated heterocycles. The fraction of sp³-hybridized carbons (Fsp3) is 0.100. The lowest BCUT2D eigenvalue weighted by Gasteiger charge is -2.35. The highest BCUT2D eigenvalue weighted by Gasteiger charge is 2.46. The second-order valence-electron chi connectivity index (χ2n) is 17.0. The first-order chi connectivity index (χ1) is 30.7. The molecule has 0 N–H and O–H groups in total. The minimum absolute atomic E-state index is 0.0595. The van der Waals surface area contributed by atoms with Crippen LogP contribution in [0.5, 0.6) is 0 Å². The van der Waals surface area contributed by atoms with Crippen molar-refractivity contribution in [2.24, 2.45) is 0 Å². The van der Waals surface area contributed by atoms with Gasteiger partial charge in [-0.1, -0.05) is 172 Å². The number of nitrogens with zero attached hydrogens (tertiary/aromatic N) is 2. The summed E-state index contributed by atoms with van der Waals surface area (Å²) in [7, 11) is 0. The summed E-state index contributed by atoms with van der Waals surface area (Å²) in [6.07, 6.45) is 2.07. The second-order valence-corrected chi connectivity index (χ2v) is 17.0. The monoisotopic (exact) mass is 794 g/mol.